The lowest BCUT2D eigenvalue weighted by Gasteiger charge is -2.47. The van der Waals surface area contributed by atoms with Crippen LogP contribution in [0.1, 0.15) is 28.4 Å². The monoisotopic (exact) mass is 469 g/mol. The molecule has 2 aliphatic heterocycles. The van der Waals surface area contributed by atoms with Gasteiger partial charge < -0.3 is 19.5 Å². The van der Waals surface area contributed by atoms with Gasteiger partial charge in [0, 0.05) is 35.1 Å². The van der Waals surface area contributed by atoms with Gasteiger partial charge in [-0.25, -0.2) is 4.39 Å². The zero-order chi connectivity index (χ0) is 24.1. The lowest BCUT2D eigenvalue weighted by molar-refractivity contribution is -0.159. The standard InChI is InChI=1S/C28H24FN3O3/c1-35-24-9-5-3-7-20(24)27-26-21(19-6-2-4-8-22(19)30-26)14-23-28(34)31(16-25(33)32(23)27)15-17-10-12-18(29)13-11-17/h2-13,23,27,30H,14-16H2,1H3/t23-,27+/m0/s1. The van der Waals surface area contributed by atoms with E-state index in [2.05, 4.69) is 4.98 Å². The van der Waals surface area contributed by atoms with Gasteiger partial charge in [-0.1, -0.05) is 48.5 Å². The molecule has 0 aliphatic carbocycles. The van der Waals surface area contributed by atoms with Crippen LogP contribution in [0.5, 0.6) is 5.75 Å². The Hall–Kier alpha value is -4.13. The van der Waals surface area contributed by atoms with E-state index in [9.17, 15) is 14.0 Å². The summed E-state index contributed by atoms with van der Waals surface area (Å²) in [5, 5.41) is 1.05. The highest BCUT2D eigenvalue weighted by Gasteiger charge is 2.48. The lowest BCUT2D eigenvalue weighted by Crippen LogP contribution is -2.62. The van der Waals surface area contributed by atoms with E-state index in [4.69, 9.17) is 4.74 Å². The van der Waals surface area contributed by atoms with E-state index in [0.29, 0.717) is 12.2 Å². The number of benzene rings is 3. The number of hydrogen-bond acceptors (Lipinski definition) is 3. The number of aromatic nitrogens is 1. The summed E-state index contributed by atoms with van der Waals surface area (Å²) in [4.78, 5) is 34.3. The quantitative estimate of drug-likeness (QED) is 0.487. The number of piperazine rings is 1. The number of ether oxygens (including phenoxy) is 1. The molecular formula is C28H24FN3O3. The first-order chi connectivity index (χ1) is 17.0. The smallest absolute Gasteiger partial charge is 0.246 e. The number of aromatic amines is 1. The van der Waals surface area contributed by atoms with Crippen molar-refractivity contribution < 1.29 is 18.7 Å². The first-order valence-electron chi connectivity index (χ1n) is 11.6. The maximum atomic E-state index is 13.8. The molecule has 3 heterocycles. The largest absolute Gasteiger partial charge is 0.496 e. The maximum absolute atomic E-state index is 13.8. The average molecular weight is 470 g/mol. The third kappa shape index (κ3) is 3.46. The predicted molar refractivity (Wildman–Crippen MR) is 129 cm³/mol. The van der Waals surface area contributed by atoms with Crippen LogP contribution in [0.3, 0.4) is 0 Å². The number of para-hydroxylation sites is 2. The fourth-order valence-corrected chi connectivity index (χ4v) is 5.48. The van der Waals surface area contributed by atoms with Gasteiger partial charge in [-0.3, -0.25) is 9.59 Å². The highest BCUT2D eigenvalue weighted by Crippen LogP contribution is 2.44. The van der Waals surface area contributed by atoms with Gasteiger partial charge in [0.1, 0.15) is 30.2 Å². The van der Waals surface area contributed by atoms with Crippen molar-refractivity contribution in [3.63, 3.8) is 0 Å². The first-order valence-corrected chi connectivity index (χ1v) is 11.6. The van der Waals surface area contributed by atoms with Crippen molar-refractivity contribution in [1.82, 2.24) is 14.8 Å². The zero-order valence-electron chi connectivity index (χ0n) is 19.2. The Morgan fingerprint density at radius 3 is 2.54 bits per heavy atom. The van der Waals surface area contributed by atoms with Crippen molar-refractivity contribution in [2.45, 2.75) is 25.0 Å². The molecule has 1 saturated heterocycles. The van der Waals surface area contributed by atoms with Gasteiger partial charge in [-0.2, -0.15) is 0 Å². The fraction of sp³-hybridized carbons (Fsp3) is 0.214. The summed E-state index contributed by atoms with van der Waals surface area (Å²) in [6.45, 7) is 0.225. The van der Waals surface area contributed by atoms with Crippen LogP contribution >= 0.6 is 0 Å². The topological polar surface area (TPSA) is 65.6 Å². The second-order valence-electron chi connectivity index (χ2n) is 9.05. The van der Waals surface area contributed by atoms with Crippen molar-refractivity contribution in [3.8, 4) is 5.75 Å². The Morgan fingerprint density at radius 1 is 1.00 bits per heavy atom. The lowest BCUT2D eigenvalue weighted by atomic mass is 9.86. The SMILES string of the molecule is COc1ccccc1[C@@H]1c2[nH]c3ccccc3c2C[C@H]2C(=O)N(Cc3ccc(F)cc3)CC(=O)N12. The van der Waals surface area contributed by atoms with Gasteiger partial charge in [-0.15, -0.1) is 0 Å². The van der Waals surface area contributed by atoms with Crippen LogP contribution in [0.2, 0.25) is 0 Å². The van der Waals surface area contributed by atoms with E-state index in [-0.39, 0.29) is 30.7 Å². The molecule has 1 N–H and O–H groups in total. The minimum atomic E-state index is -0.640. The average Bonchev–Trinajstić information content (AvgIpc) is 3.25. The van der Waals surface area contributed by atoms with Crippen LogP contribution in [0.25, 0.3) is 10.9 Å². The van der Waals surface area contributed by atoms with Crippen molar-refractivity contribution in [1.29, 1.82) is 0 Å². The molecule has 0 spiro atoms. The Bertz CT molecular complexity index is 1450. The number of methoxy groups -OCH3 is 1. The van der Waals surface area contributed by atoms with Crippen LogP contribution < -0.4 is 4.74 Å². The highest BCUT2D eigenvalue weighted by molar-refractivity contribution is 5.97. The number of rotatable bonds is 4. The van der Waals surface area contributed by atoms with E-state index < -0.39 is 12.1 Å². The number of carbonyl (C=O) groups is 2. The highest BCUT2D eigenvalue weighted by atomic mass is 19.1. The first kappa shape index (κ1) is 21.4. The molecule has 1 aromatic heterocycles. The van der Waals surface area contributed by atoms with Crippen LogP contribution in [0, 0.1) is 5.82 Å². The zero-order valence-corrected chi connectivity index (χ0v) is 19.2. The molecule has 6 nitrogen and oxygen atoms in total. The summed E-state index contributed by atoms with van der Waals surface area (Å²) < 4.78 is 19.0. The molecule has 3 aromatic carbocycles. The van der Waals surface area contributed by atoms with Crippen LogP contribution in [-0.2, 0) is 22.6 Å². The molecule has 2 amide bonds. The number of nitrogens with one attached hydrogen (secondary N) is 1. The van der Waals surface area contributed by atoms with Crippen molar-refractivity contribution >= 4 is 22.7 Å². The second-order valence-corrected chi connectivity index (χ2v) is 9.05. The van der Waals surface area contributed by atoms with Crippen LogP contribution in [0.15, 0.2) is 72.8 Å². The molecule has 0 unspecified atom stereocenters. The number of fused-ring (bicyclic) bond motifs is 4. The second kappa shape index (κ2) is 8.27. The van der Waals surface area contributed by atoms with Gasteiger partial charge in [0.05, 0.1) is 7.11 Å². The molecule has 7 heteroatoms. The Balaban J connectivity index is 1.47. The summed E-state index contributed by atoms with van der Waals surface area (Å²) in [6.07, 6.45) is 0.426. The Kier molecular flexibility index (Phi) is 5.06. The number of H-pyrrole nitrogens is 1. The Morgan fingerprint density at radius 2 is 1.74 bits per heavy atom. The van der Waals surface area contributed by atoms with Gasteiger partial charge >= 0.3 is 0 Å². The summed E-state index contributed by atoms with van der Waals surface area (Å²) in [6, 6.07) is 20.6. The van der Waals surface area contributed by atoms with E-state index >= 15 is 0 Å². The molecule has 176 valence electrons. The van der Waals surface area contributed by atoms with Crippen molar-refractivity contribution in [2.75, 3.05) is 13.7 Å². The summed E-state index contributed by atoms with van der Waals surface area (Å²) in [5.41, 5.74) is 4.55. The van der Waals surface area contributed by atoms with E-state index in [1.165, 1.54) is 12.1 Å². The Labute approximate surface area is 201 Å². The molecular weight excluding hydrogens is 445 g/mol. The number of amides is 2. The molecule has 35 heavy (non-hydrogen) atoms. The fourth-order valence-electron chi connectivity index (χ4n) is 5.48. The van der Waals surface area contributed by atoms with Gasteiger partial charge in [0.15, 0.2) is 0 Å². The summed E-state index contributed by atoms with van der Waals surface area (Å²) in [5.74, 6) is 0.0955. The molecule has 0 bridgehead atoms. The number of halogens is 1. The van der Waals surface area contributed by atoms with E-state index in [0.717, 1.165) is 33.3 Å². The van der Waals surface area contributed by atoms with Crippen LogP contribution in [0.4, 0.5) is 4.39 Å². The normalized spacial score (nSPS) is 19.6. The van der Waals surface area contributed by atoms with Gasteiger partial charge in [-0.05, 0) is 35.4 Å². The van der Waals surface area contributed by atoms with Crippen molar-refractivity contribution in [2.24, 2.45) is 0 Å². The van der Waals surface area contributed by atoms with Gasteiger partial charge in [0.25, 0.3) is 0 Å². The van der Waals surface area contributed by atoms with Gasteiger partial charge in [0.2, 0.25) is 11.8 Å². The molecule has 1 fully saturated rings. The van der Waals surface area contributed by atoms with Crippen LogP contribution in [-0.4, -0.2) is 46.3 Å². The van der Waals surface area contributed by atoms with Crippen molar-refractivity contribution in [3.05, 3.63) is 101 Å². The number of nitrogens with zero attached hydrogens (tertiary/aromatic N) is 2. The minimum Gasteiger partial charge on any atom is -0.496 e. The molecule has 4 aromatic rings. The summed E-state index contributed by atoms with van der Waals surface area (Å²) in [7, 11) is 1.61. The molecule has 0 saturated carbocycles. The molecule has 6 rings (SSSR count). The molecule has 2 aliphatic rings. The molecule has 0 radical (unpaired) electrons. The summed E-state index contributed by atoms with van der Waals surface area (Å²) >= 11 is 0. The number of hydrogen-bond donors (Lipinski definition) is 1. The molecule has 2 atom stereocenters. The maximum Gasteiger partial charge on any atom is 0.246 e. The minimum absolute atomic E-state index is 0.0338. The van der Waals surface area contributed by atoms with E-state index in [1.807, 2.05) is 48.5 Å². The van der Waals surface area contributed by atoms with E-state index in [1.54, 1.807) is 29.0 Å². The third-order valence-electron chi connectivity index (χ3n) is 7.06. The predicted octanol–water partition coefficient (Wildman–Crippen LogP) is 4.20. The number of carbonyl (C=O) groups excluding carboxylic acids is 2. The third-order valence-corrected chi connectivity index (χ3v) is 7.06.